The lowest BCUT2D eigenvalue weighted by Crippen LogP contribution is -2.17. The number of anilines is 1. The Morgan fingerprint density at radius 2 is 1.95 bits per heavy atom. The van der Waals surface area contributed by atoms with Crippen molar-refractivity contribution in [2.75, 3.05) is 5.32 Å². The van der Waals surface area contributed by atoms with Gasteiger partial charge >= 0.3 is 0 Å². The number of nitrogens with one attached hydrogen (secondary N) is 3. The Hall–Kier alpha value is -2.89. The highest BCUT2D eigenvalue weighted by Gasteiger charge is 2.04. The number of hydrazone groups is 1. The maximum absolute atomic E-state index is 11.8. The molecule has 0 bridgehead atoms. The molecule has 0 spiro atoms. The molecule has 2 aromatic rings. The molecular weight excluding hydrogens is 256 g/mol. The molecule has 1 heterocycles. The second-order valence-electron chi connectivity index (χ2n) is 4.08. The summed E-state index contributed by atoms with van der Waals surface area (Å²) >= 11 is 0. The van der Waals surface area contributed by atoms with E-state index in [1.54, 1.807) is 30.5 Å². The number of amides is 2. The van der Waals surface area contributed by atoms with Crippen molar-refractivity contribution >= 4 is 23.7 Å². The molecule has 0 saturated carbocycles. The average molecular weight is 270 g/mol. The van der Waals surface area contributed by atoms with Gasteiger partial charge in [0.25, 0.3) is 5.91 Å². The number of carbonyl (C=O) groups is 2. The van der Waals surface area contributed by atoms with Crippen molar-refractivity contribution < 1.29 is 9.59 Å². The van der Waals surface area contributed by atoms with Gasteiger partial charge in [0.1, 0.15) is 0 Å². The van der Waals surface area contributed by atoms with Crippen LogP contribution in [0.2, 0.25) is 0 Å². The number of aromatic amines is 1. The number of carbonyl (C=O) groups excluding carboxylic acids is 2. The molecule has 6 heteroatoms. The van der Waals surface area contributed by atoms with E-state index >= 15 is 0 Å². The Morgan fingerprint density at radius 3 is 2.55 bits per heavy atom. The van der Waals surface area contributed by atoms with Crippen LogP contribution in [0.15, 0.2) is 47.7 Å². The van der Waals surface area contributed by atoms with Gasteiger partial charge in [0, 0.05) is 24.4 Å². The second-order valence-corrected chi connectivity index (χ2v) is 4.08. The molecule has 1 aromatic heterocycles. The fourth-order valence-corrected chi connectivity index (χ4v) is 1.56. The number of rotatable bonds is 4. The first-order valence-electron chi connectivity index (χ1n) is 5.99. The SMILES string of the molecule is CC(=O)Nc1ccc(C(=O)N/N=C/c2ccc[nH]2)cc1. The van der Waals surface area contributed by atoms with Crippen LogP contribution in [0, 0.1) is 0 Å². The van der Waals surface area contributed by atoms with Gasteiger partial charge in [-0.15, -0.1) is 0 Å². The monoisotopic (exact) mass is 270 g/mol. The Balaban J connectivity index is 1.93. The number of hydrogen-bond acceptors (Lipinski definition) is 3. The minimum absolute atomic E-state index is 0.155. The summed E-state index contributed by atoms with van der Waals surface area (Å²) < 4.78 is 0. The number of H-pyrrole nitrogens is 1. The van der Waals surface area contributed by atoms with Crippen molar-refractivity contribution in [3.05, 3.63) is 53.9 Å². The van der Waals surface area contributed by atoms with Gasteiger partial charge in [-0.2, -0.15) is 5.10 Å². The maximum Gasteiger partial charge on any atom is 0.271 e. The maximum atomic E-state index is 11.8. The van der Waals surface area contributed by atoms with Crippen LogP contribution in [0.4, 0.5) is 5.69 Å². The summed E-state index contributed by atoms with van der Waals surface area (Å²) in [6.45, 7) is 1.43. The van der Waals surface area contributed by atoms with E-state index in [1.165, 1.54) is 13.1 Å². The van der Waals surface area contributed by atoms with Crippen molar-refractivity contribution in [2.45, 2.75) is 6.92 Å². The number of nitrogens with zero attached hydrogens (tertiary/aromatic N) is 1. The standard InChI is InChI=1S/C14H14N4O2/c1-10(19)17-12-6-4-11(5-7-12)14(20)18-16-9-13-3-2-8-15-13/h2-9,15H,1H3,(H,17,19)(H,18,20)/b16-9+. The third kappa shape index (κ3) is 3.81. The lowest BCUT2D eigenvalue weighted by molar-refractivity contribution is -0.114. The van der Waals surface area contributed by atoms with Gasteiger partial charge in [-0.25, -0.2) is 5.43 Å². The van der Waals surface area contributed by atoms with Crippen LogP contribution in [0.5, 0.6) is 0 Å². The molecule has 0 aliphatic carbocycles. The van der Waals surface area contributed by atoms with Crippen LogP contribution < -0.4 is 10.7 Å². The summed E-state index contributed by atoms with van der Waals surface area (Å²) in [6.07, 6.45) is 3.29. The molecule has 20 heavy (non-hydrogen) atoms. The van der Waals surface area contributed by atoms with E-state index in [0.717, 1.165) is 5.69 Å². The van der Waals surface area contributed by atoms with Crippen molar-refractivity contribution in [1.82, 2.24) is 10.4 Å². The summed E-state index contributed by atoms with van der Waals surface area (Å²) in [4.78, 5) is 25.6. The third-order valence-electron chi connectivity index (χ3n) is 2.46. The van der Waals surface area contributed by atoms with Crippen LogP contribution in [0.3, 0.4) is 0 Å². The first-order valence-corrected chi connectivity index (χ1v) is 5.99. The van der Waals surface area contributed by atoms with E-state index in [0.29, 0.717) is 11.3 Å². The fourth-order valence-electron chi connectivity index (χ4n) is 1.56. The Kier molecular flexibility index (Phi) is 4.28. The zero-order valence-corrected chi connectivity index (χ0v) is 10.9. The molecule has 0 atom stereocenters. The Labute approximate surface area is 115 Å². The second kappa shape index (κ2) is 6.33. The van der Waals surface area contributed by atoms with Gasteiger partial charge in [0.15, 0.2) is 0 Å². The molecule has 2 rings (SSSR count). The molecule has 0 unspecified atom stereocenters. The van der Waals surface area contributed by atoms with E-state index in [2.05, 4.69) is 20.8 Å². The van der Waals surface area contributed by atoms with Crippen molar-refractivity contribution in [2.24, 2.45) is 5.10 Å². The number of hydrogen-bond donors (Lipinski definition) is 3. The minimum atomic E-state index is -0.317. The normalized spacial score (nSPS) is 10.4. The summed E-state index contributed by atoms with van der Waals surface area (Å²) in [7, 11) is 0. The van der Waals surface area contributed by atoms with Gasteiger partial charge in [0.2, 0.25) is 5.91 Å². The molecule has 3 N–H and O–H groups in total. The van der Waals surface area contributed by atoms with E-state index in [-0.39, 0.29) is 11.8 Å². The van der Waals surface area contributed by atoms with Crippen molar-refractivity contribution in [3.8, 4) is 0 Å². The predicted molar refractivity (Wildman–Crippen MR) is 76.6 cm³/mol. The molecule has 1 aromatic carbocycles. The van der Waals surface area contributed by atoms with Crippen LogP contribution >= 0.6 is 0 Å². The van der Waals surface area contributed by atoms with Crippen molar-refractivity contribution in [3.63, 3.8) is 0 Å². The van der Waals surface area contributed by atoms with Crippen molar-refractivity contribution in [1.29, 1.82) is 0 Å². The largest absolute Gasteiger partial charge is 0.360 e. The fraction of sp³-hybridized carbons (Fsp3) is 0.0714. The first-order chi connectivity index (χ1) is 9.65. The Bertz CT molecular complexity index is 615. The third-order valence-corrected chi connectivity index (χ3v) is 2.46. The summed E-state index contributed by atoms with van der Waals surface area (Å²) in [5.41, 5.74) is 4.32. The Morgan fingerprint density at radius 1 is 1.20 bits per heavy atom. The molecule has 0 aliphatic heterocycles. The molecule has 0 aliphatic rings. The molecule has 0 fully saturated rings. The van der Waals surface area contributed by atoms with E-state index in [4.69, 9.17) is 0 Å². The lowest BCUT2D eigenvalue weighted by atomic mass is 10.2. The smallest absolute Gasteiger partial charge is 0.271 e. The van der Waals surface area contributed by atoms with Gasteiger partial charge in [0.05, 0.1) is 11.9 Å². The zero-order valence-electron chi connectivity index (χ0n) is 10.9. The topological polar surface area (TPSA) is 86.3 Å². The predicted octanol–water partition coefficient (Wildman–Crippen LogP) is 1.74. The van der Waals surface area contributed by atoms with Crippen LogP contribution in [-0.2, 0) is 4.79 Å². The lowest BCUT2D eigenvalue weighted by Gasteiger charge is -2.03. The molecule has 0 saturated heterocycles. The molecular formula is C14H14N4O2. The van der Waals surface area contributed by atoms with Gasteiger partial charge in [-0.05, 0) is 36.4 Å². The molecule has 102 valence electrons. The first kappa shape index (κ1) is 13.5. The van der Waals surface area contributed by atoms with Gasteiger partial charge in [-0.3, -0.25) is 9.59 Å². The van der Waals surface area contributed by atoms with E-state index < -0.39 is 0 Å². The molecule has 2 amide bonds. The van der Waals surface area contributed by atoms with Gasteiger partial charge in [-0.1, -0.05) is 0 Å². The average Bonchev–Trinajstić information content (AvgIpc) is 2.92. The quantitative estimate of drug-likeness (QED) is 0.583. The zero-order chi connectivity index (χ0) is 14.4. The summed E-state index contributed by atoms with van der Waals surface area (Å²) in [5.74, 6) is -0.472. The summed E-state index contributed by atoms with van der Waals surface area (Å²) in [5, 5.41) is 6.46. The molecule has 0 radical (unpaired) electrons. The van der Waals surface area contributed by atoms with Crippen LogP contribution in [-0.4, -0.2) is 23.0 Å². The highest BCUT2D eigenvalue weighted by Crippen LogP contribution is 2.09. The van der Waals surface area contributed by atoms with E-state index in [9.17, 15) is 9.59 Å². The van der Waals surface area contributed by atoms with Crippen LogP contribution in [0.25, 0.3) is 0 Å². The highest BCUT2D eigenvalue weighted by atomic mass is 16.2. The minimum Gasteiger partial charge on any atom is -0.360 e. The number of aromatic nitrogens is 1. The van der Waals surface area contributed by atoms with Crippen LogP contribution in [0.1, 0.15) is 23.0 Å². The summed E-state index contributed by atoms with van der Waals surface area (Å²) in [6, 6.07) is 10.2. The molecule has 6 nitrogen and oxygen atoms in total. The van der Waals surface area contributed by atoms with Gasteiger partial charge < -0.3 is 10.3 Å². The van der Waals surface area contributed by atoms with E-state index in [1.807, 2.05) is 12.1 Å². The number of benzene rings is 1. The highest BCUT2D eigenvalue weighted by molar-refractivity contribution is 5.95.